The SMILES string of the molecule is Fc1ccc(C(Br)C2CCCCCC2)c2ccccc12. The van der Waals surface area contributed by atoms with Crippen molar-refractivity contribution in [1.29, 1.82) is 0 Å². The molecule has 20 heavy (non-hydrogen) atoms. The van der Waals surface area contributed by atoms with Crippen molar-refractivity contribution in [1.82, 2.24) is 0 Å². The van der Waals surface area contributed by atoms with Gasteiger partial charge >= 0.3 is 0 Å². The van der Waals surface area contributed by atoms with Gasteiger partial charge in [-0.1, -0.05) is 71.9 Å². The molecule has 1 aliphatic carbocycles. The van der Waals surface area contributed by atoms with Crippen LogP contribution >= 0.6 is 15.9 Å². The highest BCUT2D eigenvalue weighted by atomic mass is 79.9. The van der Waals surface area contributed by atoms with Gasteiger partial charge in [0.25, 0.3) is 0 Å². The van der Waals surface area contributed by atoms with Crippen LogP contribution in [0.4, 0.5) is 4.39 Å². The Bertz CT molecular complexity index is 585. The summed E-state index contributed by atoms with van der Waals surface area (Å²) < 4.78 is 13.9. The molecule has 0 nitrogen and oxygen atoms in total. The average molecular weight is 335 g/mol. The van der Waals surface area contributed by atoms with Gasteiger partial charge < -0.3 is 0 Å². The third-order valence-electron chi connectivity index (χ3n) is 4.52. The van der Waals surface area contributed by atoms with E-state index in [9.17, 15) is 4.39 Å². The molecule has 1 fully saturated rings. The number of alkyl halides is 1. The Morgan fingerprint density at radius 2 is 1.55 bits per heavy atom. The smallest absolute Gasteiger partial charge is 0.131 e. The van der Waals surface area contributed by atoms with Gasteiger partial charge in [0.1, 0.15) is 5.82 Å². The van der Waals surface area contributed by atoms with E-state index in [2.05, 4.69) is 15.9 Å². The highest BCUT2D eigenvalue weighted by Crippen LogP contribution is 2.42. The quantitative estimate of drug-likeness (QED) is 0.441. The highest BCUT2D eigenvalue weighted by molar-refractivity contribution is 9.09. The number of rotatable bonds is 2. The summed E-state index contributed by atoms with van der Waals surface area (Å²) in [5.41, 5.74) is 1.24. The van der Waals surface area contributed by atoms with E-state index < -0.39 is 0 Å². The normalized spacial score (nSPS) is 18.9. The van der Waals surface area contributed by atoms with Crippen LogP contribution in [0.25, 0.3) is 10.8 Å². The lowest BCUT2D eigenvalue weighted by atomic mass is 9.90. The second kappa shape index (κ2) is 6.26. The summed E-state index contributed by atoms with van der Waals surface area (Å²) in [6, 6.07) is 11.4. The molecule has 0 saturated heterocycles. The van der Waals surface area contributed by atoms with E-state index in [-0.39, 0.29) is 5.82 Å². The topological polar surface area (TPSA) is 0 Å². The molecule has 1 unspecified atom stereocenters. The number of fused-ring (bicyclic) bond motifs is 1. The molecule has 2 heteroatoms. The molecule has 0 heterocycles. The lowest BCUT2D eigenvalue weighted by molar-refractivity contribution is 0.455. The predicted molar refractivity (Wildman–Crippen MR) is 86.8 cm³/mol. The molecule has 106 valence electrons. The first-order valence-corrected chi connectivity index (χ1v) is 8.50. The van der Waals surface area contributed by atoms with E-state index in [0.717, 1.165) is 10.8 Å². The van der Waals surface area contributed by atoms with E-state index >= 15 is 0 Å². The summed E-state index contributed by atoms with van der Waals surface area (Å²) in [6.07, 6.45) is 7.93. The molecule has 0 aromatic heterocycles. The fourth-order valence-corrected chi connectivity index (χ4v) is 4.31. The van der Waals surface area contributed by atoms with E-state index in [1.165, 1.54) is 44.1 Å². The molecular formula is C18H20BrF. The van der Waals surface area contributed by atoms with Gasteiger partial charge in [0.15, 0.2) is 0 Å². The highest BCUT2D eigenvalue weighted by Gasteiger charge is 2.23. The maximum atomic E-state index is 13.9. The van der Waals surface area contributed by atoms with Crippen LogP contribution in [0.5, 0.6) is 0 Å². The van der Waals surface area contributed by atoms with Crippen LogP contribution in [0.15, 0.2) is 36.4 Å². The van der Waals surface area contributed by atoms with E-state index in [1.54, 1.807) is 6.07 Å². The average Bonchev–Trinajstić information content (AvgIpc) is 2.76. The molecule has 0 aliphatic heterocycles. The number of halogens is 2. The predicted octanol–water partition coefficient (Wildman–Crippen LogP) is 6.39. The molecule has 2 aromatic carbocycles. The zero-order valence-electron chi connectivity index (χ0n) is 11.6. The maximum Gasteiger partial charge on any atom is 0.131 e. The van der Waals surface area contributed by atoms with Crippen molar-refractivity contribution in [3.63, 3.8) is 0 Å². The van der Waals surface area contributed by atoms with Crippen molar-refractivity contribution in [2.24, 2.45) is 5.92 Å². The third kappa shape index (κ3) is 2.76. The Kier molecular flexibility index (Phi) is 4.40. The van der Waals surface area contributed by atoms with Crippen LogP contribution in [0, 0.1) is 11.7 Å². The second-order valence-electron chi connectivity index (χ2n) is 5.84. The zero-order chi connectivity index (χ0) is 13.9. The number of hydrogen-bond acceptors (Lipinski definition) is 0. The first-order chi connectivity index (χ1) is 9.77. The lowest BCUT2D eigenvalue weighted by Crippen LogP contribution is -2.07. The maximum absolute atomic E-state index is 13.9. The molecular weight excluding hydrogens is 315 g/mol. The molecule has 0 amide bonds. The summed E-state index contributed by atoms with van der Waals surface area (Å²) in [6.45, 7) is 0. The standard InChI is InChI=1S/C18H20BrF/c19-18(13-7-3-1-2-4-8-13)16-11-12-17(20)15-10-6-5-9-14(15)16/h5-6,9-13,18H,1-4,7-8H2. The molecule has 2 aromatic rings. The summed E-state index contributed by atoms with van der Waals surface area (Å²) in [7, 11) is 0. The largest absolute Gasteiger partial charge is 0.206 e. The minimum atomic E-state index is -0.120. The Morgan fingerprint density at radius 3 is 2.25 bits per heavy atom. The first kappa shape index (κ1) is 14.1. The van der Waals surface area contributed by atoms with Crippen LogP contribution in [0.1, 0.15) is 48.9 Å². The Balaban J connectivity index is 1.98. The summed E-state index contributed by atoms with van der Waals surface area (Å²) in [5, 5.41) is 1.79. The second-order valence-corrected chi connectivity index (χ2v) is 6.82. The van der Waals surface area contributed by atoms with Crippen molar-refractivity contribution in [2.45, 2.75) is 43.4 Å². The monoisotopic (exact) mass is 334 g/mol. The molecule has 0 N–H and O–H groups in total. The Morgan fingerprint density at radius 1 is 0.900 bits per heavy atom. The number of hydrogen-bond donors (Lipinski definition) is 0. The van der Waals surface area contributed by atoms with Crippen molar-refractivity contribution in [3.8, 4) is 0 Å². The van der Waals surface area contributed by atoms with Crippen LogP contribution < -0.4 is 0 Å². The molecule has 0 radical (unpaired) electrons. The van der Waals surface area contributed by atoms with Crippen LogP contribution in [0.2, 0.25) is 0 Å². The van der Waals surface area contributed by atoms with Crippen molar-refractivity contribution in [3.05, 3.63) is 47.8 Å². The van der Waals surface area contributed by atoms with Crippen LogP contribution in [-0.4, -0.2) is 0 Å². The van der Waals surface area contributed by atoms with Gasteiger partial charge in [0.05, 0.1) is 0 Å². The number of benzene rings is 2. The van der Waals surface area contributed by atoms with E-state index in [0.29, 0.717) is 10.7 Å². The van der Waals surface area contributed by atoms with Crippen molar-refractivity contribution in [2.75, 3.05) is 0 Å². The van der Waals surface area contributed by atoms with Gasteiger partial charge in [-0.3, -0.25) is 0 Å². The minimum Gasteiger partial charge on any atom is -0.206 e. The van der Waals surface area contributed by atoms with Gasteiger partial charge in [0.2, 0.25) is 0 Å². The molecule has 1 aliphatic rings. The van der Waals surface area contributed by atoms with Crippen LogP contribution in [-0.2, 0) is 0 Å². The lowest BCUT2D eigenvalue weighted by Gasteiger charge is -2.22. The summed E-state index contributed by atoms with van der Waals surface area (Å²) >= 11 is 3.91. The fourth-order valence-electron chi connectivity index (χ4n) is 3.38. The molecule has 0 spiro atoms. The molecule has 1 saturated carbocycles. The Hall–Kier alpha value is -0.890. The first-order valence-electron chi connectivity index (χ1n) is 7.58. The molecule has 0 bridgehead atoms. The van der Waals surface area contributed by atoms with Crippen LogP contribution in [0.3, 0.4) is 0 Å². The van der Waals surface area contributed by atoms with Gasteiger partial charge in [-0.15, -0.1) is 0 Å². The Labute approximate surface area is 128 Å². The zero-order valence-corrected chi connectivity index (χ0v) is 13.2. The fraction of sp³-hybridized carbons (Fsp3) is 0.444. The van der Waals surface area contributed by atoms with Gasteiger partial charge in [-0.05, 0) is 35.8 Å². The third-order valence-corrected chi connectivity index (χ3v) is 5.76. The van der Waals surface area contributed by atoms with Gasteiger partial charge in [0, 0.05) is 10.2 Å². The van der Waals surface area contributed by atoms with Crippen molar-refractivity contribution >= 4 is 26.7 Å². The molecule has 3 rings (SSSR count). The minimum absolute atomic E-state index is 0.120. The van der Waals surface area contributed by atoms with Gasteiger partial charge in [-0.25, -0.2) is 4.39 Å². The summed E-state index contributed by atoms with van der Waals surface area (Å²) in [4.78, 5) is 0.339. The van der Waals surface area contributed by atoms with Crippen molar-refractivity contribution < 1.29 is 4.39 Å². The van der Waals surface area contributed by atoms with E-state index in [4.69, 9.17) is 0 Å². The van der Waals surface area contributed by atoms with Gasteiger partial charge in [-0.2, -0.15) is 0 Å². The summed E-state index contributed by atoms with van der Waals surface area (Å²) in [5.74, 6) is 0.552. The van der Waals surface area contributed by atoms with E-state index in [1.807, 2.05) is 30.3 Å². The molecule has 1 atom stereocenters.